The van der Waals surface area contributed by atoms with Crippen molar-refractivity contribution in [2.45, 2.75) is 13.8 Å². The molecule has 3 aromatic rings. The quantitative estimate of drug-likeness (QED) is 0.563. The van der Waals surface area contributed by atoms with E-state index in [1.807, 2.05) is 32.0 Å². The van der Waals surface area contributed by atoms with Gasteiger partial charge in [0.05, 0.1) is 21.3 Å². The van der Waals surface area contributed by atoms with Crippen molar-refractivity contribution >= 4 is 39.7 Å². The highest BCUT2D eigenvalue weighted by Gasteiger charge is 2.12. The lowest BCUT2D eigenvalue weighted by Crippen LogP contribution is -1.98. The molecule has 0 bridgehead atoms. The van der Waals surface area contributed by atoms with Crippen LogP contribution >= 0.6 is 11.6 Å². The molecular weight excluding hydrogens is 316 g/mol. The number of non-ortho nitro benzene ring substituents is 1. The van der Waals surface area contributed by atoms with Crippen molar-refractivity contribution < 1.29 is 4.92 Å². The van der Waals surface area contributed by atoms with Crippen LogP contribution in [0, 0.1) is 24.0 Å². The van der Waals surface area contributed by atoms with Crippen LogP contribution in [0.4, 0.5) is 17.1 Å². The molecule has 0 radical (unpaired) electrons. The van der Waals surface area contributed by atoms with E-state index in [2.05, 4.69) is 15.3 Å². The third kappa shape index (κ3) is 3.07. The van der Waals surface area contributed by atoms with E-state index in [-0.39, 0.29) is 5.69 Å². The van der Waals surface area contributed by atoms with Crippen LogP contribution in [0.1, 0.15) is 11.4 Å². The van der Waals surface area contributed by atoms with E-state index in [9.17, 15) is 10.1 Å². The van der Waals surface area contributed by atoms with Crippen molar-refractivity contribution in [2.24, 2.45) is 0 Å². The lowest BCUT2D eigenvalue weighted by molar-refractivity contribution is -0.384. The van der Waals surface area contributed by atoms with Gasteiger partial charge in [0.25, 0.3) is 5.69 Å². The van der Waals surface area contributed by atoms with Crippen molar-refractivity contribution in [1.29, 1.82) is 0 Å². The summed E-state index contributed by atoms with van der Waals surface area (Å²) in [5.74, 6) is 0. The number of hydrogen-bond donors (Lipinski definition) is 1. The van der Waals surface area contributed by atoms with Gasteiger partial charge in [-0.3, -0.25) is 10.1 Å². The molecule has 0 atom stereocenters. The largest absolute Gasteiger partial charge is 0.353 e. The molecule has 0 aliphatic carbocycles. The molecular formula is C16H13ClN4O2. The Morgan fingerprint density at radius 2 is 1.78 bits per heavy atom. The highest BCUT2D eigenvalue weighted by atomic mass is 35.5. The van der Waals surface area contributed by atoms with E-state index in [1.54, 1.807) is 0 Å². The first-order valence-corrected chi connectivity index (χ1v) is 7.28. The minimum Gasteiger partial charge on any atom is -0.353 e. The maximum Gasteiger partial charge on any atom is 0.271 e. The number of aromatic nitrogens is 2. The van der Waals surface area contributed by atoms with E-state index in [0.29, 0.717) is 16.4 Å². The molecule has 6 nitrogen and oxygen atoms in total. The first-order chi connectivity index (χ1) is 10.9. The molecule has 0 fully saturated rings. The van der Waals surface area contributed by atoms with Crippen molar-refractivity contribution in [3.05, 3.63) is 62.9 Å². The van der Waals surface area contributed by atoms with Gasteiger partial charge in [-0.25, -0.2) is 9.97 Å². The van der Waals surface area contributed by atoms with Crippen molar-refractivity contribution in [2.75, 3.05) is 5.32 Å². The Labute approximate surface area is 137 Å². The number of nitro benzene ring substituents is 1. The lowest BCUT2D eigenvalue weighted by Gasteiger charge is -2.12. The zero-order valence-electron chi connectivity index (χ0n) is 12.5. The molecule has 0 unspecified atom stereocenters. The van der Waals surface area contributed by atoms with E-state index in [1.165, 1.54) is 18.2 Å². The minimum atomic E-state index is -0.456. The number of anilines is 2. The third-order valence-electron chi connectivity index (χ3n) is 3.37. The van der Waals surface area contributed by atoms with Gasteiger partial charge in [0, 0.05) is 28.9 Å². The van der Waals surface area contributed by atoms with Gasteiger partial charge in [-0.1, -0.05) is 11.6 Å². The number of pyridine rings is 2. The fourth-order valence-electron chi connectivity index (χ4n) is 2.30. The Morgan fingerprint density at radius 1 is 1.04 bits per heavy atom. The Kier molecular flexibility index (Phi) is 3.83. The standard InChI is InChI=1S/C16H13ClN4O2/c1-9-3-5-12-14(7-10(2)19-16(12)18-9)20-15-8-11(21(22)23)4-6-13(15)17/h3-8H,1-2H3,(H,18,19,20). The van der Waals surface area contributed by atoms with E-state index in [0.717, 1.165) is 22.5 Å². The second-order valence-corrected chi connectivity index (χ2v) is 5.59. The molecule has 23 heavy (non-hydrogen) atoms. The third-order valence-corrected chi connectivity index (χ3v) is 3.70. The monoisotopic (exact) mass is 328 g/mol. The summed E-state index contributed by atoms with van der Waals surface area (Å²) >= 11 is 6.15. The minimum absolute atomic E-state index is 0.0269. The molecule has 0 saturated carbocycles. The number of fused-ring (bicyclic) bond motifs is 1. The maximum absolute atomic E-state index is 10.9. The van der Waals surface area contributed by atoms with E-state index < -0.39 is 4.92 Å². The van der Waals surface area contributed by atoms with Crippen molar-refractivity contribution in [1.82, 2.24) is 9.97 Å². The van der Waals surface area contributed by atoms with Crippen LogP contribution < -0.4 is 5.32 Å². The van der Waals surface area contributed by atoms with Crippen LogP contribution in [-0.4, -0.2) is 14.9 Å². The molecule has 116 valence electrons. The van der Waals surface area contributed by atoms with Crippen LogP contribution in [0.25, 0.3) is 11.0 Å². The Bertz CT molecular complexity index is 922. The Morgan fingerprint density at radius 3 is 2.52 bits per heavy atom. The number of nitro groups is 1. The van der Waals surface area contributed by atoms with Gasteiger partial charge in [-0.2, -0.15) is 0 Å². The summed E-state index contributed by atoms with van der Waals surface area (Å²) in [7, 11) is 0. The second kappa shape index (κ2) is 5.81. The van der Waals surface area contributed by atoms with Gasteiger partial charge in [-0.05, 0) is 38.1 Å². The van der Waals surface area contributed by atoms with Crippen LogP contribution in [0.5, 0.6) is 0 Å². The van der Waals surface area contributed by atoms with Gasteiger partial charge < -0.3 is 5.32 Å². The fraction of sp³-hybridized carbons (Fsp3) is 0.125. The van der Waals surface area contributed by atoms with Gasteiger partial charge in [0.15, 0.2) is 5.65 Å². The number of nitrogens with one attached hydrogen (secondary N) is 1. The van der Waals surface area contributed by atoms with Crippen molar-refractivity contribution in [3.63, 3.8) is 0 Å². The summed E-state index contributed by atoms with van der Waals surface area (Å²) in [4.78, 5) is 19.3. The summed E-state index contributed by atoms with van der Waals surface area (Å²) < 4.78 is 0. The number of hydrogen-bond acceptors (Lipinski definition) is 5. The lowest BCUT2D eigenvalue weighted by atomic mass is 10.2. The summed E-state index contributed by atoms with van der Waals surface area (Å²) in [5, 5.41) is 15.3. The summed E-state index contributed by atoms with van der Waals surface area (Å²) in [5.41, 5.74) is 3.47. The predicted octanol–water partition coefficient (Wildman–Crippen LogP) is 4.55. The van der Waals surface area contributed by atoms with E-state index in [4.69, 9.17) is 11.6 Å². The van der Waals surface area contributed by atoms with Crippen LogP contribution in [0.2, 0.25) is 5.02 Å². The molecule has 2 heterocycles. The van der Waals surface area contributed by atoms with Gasteiger partial charge in [-0.15, -0.1) is 0 Å². The molecule has 2 aromatic heterocycles. The average molecular weight is 329 g/mol. The number of aryl methyl sites for hydroxylation is 2. The summed E-state index contributed by atoms with van der Waals surface area (Å²) in [6, 6.07) is 9.94. The topological polar surface area (TPSA) is 81.0 Å². The molecule has 1 aromatic carbocycles. The highest BCUT2D eigenvalue weighted by molar-refractivity contribution is 6.33. The van der Waals surface area contributed by atoms with E-state index >= 15 is 0 Å². The predicted molar refractivity (Wildman–Crippen MR) is 90.4 cm³/mol. The molecule has 7 heteroatoms. The number of rotatable bonds is 3. The SMILES string of the molecule is Cc1ccc2c(Nc3cc([N+](=O)[O-])ccc3Cl)cc(C)nc2n1. The summed E-state index contributed by atoms with van der Waals surface area (Å²) in [6.07, 6.45) is 0. The molecule has 0 aliphatic rings. The van der Waals surface area contributed by atoms with Gasteiger partial charge >= 0.3 is 0 Å². The number of nitrogens with zero attached hydrogens (tertiary/aromatic N) is 3. The molecule has 0 spiro atoms. The zero-order chi connectivity index (χ0) is 16.6. The average Bonchev–Trinajstić information content (AvgIpc) is 2.48. The second-order valence-electron chi connectivity index (χ2n) is 5.18. The Balaban J connectivity index is 2.11. The smallest absolute Gasteiger partial charge is 0.271 e. The van der Waals surface area contributed by atoms with Crippen LogP contribution in [0.3, 0.4) is 0 Å². The highest BCUT2D eigenvalue weighted by Crippen LogP contribution is 2.32. The normalized spacial score (nSPS) is 10.7. The van der Waals surface area contributed by atoms with Crippen LogP contribution in [0.15, 0.2) is 36.4 Å². The fourth-order valence-corrected chi connectivity index (χ4v) is 2.46. The first-order valence-electron chi connectivity index (χ1n) is 6.90. The molecule has 0 amide bonds. The first kappa shape index (κ1) is 15.2. The molecule has 3 rings (SSSR count). The van der Waals surface area contributed by atoms with Gasteiger partial charge in [0.1, 0.15) is 0 Å². The van der Waals surface area contributed by atoms with Crippen LogP contribution in [-0.2, 0) is 0 Å². The zero-order valence-corrected chi connectivity index (χ0v) is 13.3. The number of halogens is 1. The van der Waals surface area contributed by atoms with Gasteiger partial charge in [0.2, 0.25) is 0 Å². The molecule has 0 aliphatic heterocycles. The summed E-state index contributed by atoms with van der Waals surface area (Å²) in [6.45, 7) is 3.76. The molecule has 0 saturated heterocycles. The van der Waals surface area contributed by atoms with Crippen molar-refractivity contribution in [3.8, 4) is 0 Å². The maximum atomic E-state index is 10.9. The number of benzene rings is 1. The Hall–Kier alpha value is -2.73. The molecule has 1 N–H and O–H groups in total.